The predicted octanol–water partition coefficient (Wildman–Crippen LogP) is 16.5. The molecular formula is C54H51Br. The highest BCUT2D eigenvalue weighted by Gasteiger charge is 2.27. The molecule has 0 fully saturated rings. The summed E-state index contributed by atoms with van der Waals surface area (Å²) in [7, 11) is 0. The maximum atomic E-state index is 3.75. The lowest BCUT2D eigenvalue weighted by Crippen LogP contribution is -2.10. The SMILES string of the molecule is CC(C)(C)c1ccc(-c2c3ccccc3c(-c3ccc(C(C)(C)C)cc3)c3c(-c4ccc(C(C)(C)C)cc4)c4ccccc4c(-c4ccc(Br)cc4)c23)cc1. The van der Waals surface area contributed by atoms with E-state index in [0.29, 0.717) is 0 Å². The van der Waals surface area contributed by atoms with Crippen LogP contribution in [0, 0.1) is 0 Å². The Morgan fingerprint density at radius 1 is 0.291 bits per heavy atom. The Morgan fingerprint density at radius 3 is 0.727 bits per heavy atom. The van der Waals surface area contributed by atoms with E-state index < -0.39 is 0 Å². The van der Waals surface area contributed by atoms with Gasteiger partial charge in [0.25, 0.3) is 0 Å². The Balaban J connectivity index is 1.66. The summed E-state index contributed by atoms with van der Waals surface area (Å²) < 4.78 is 1.07. The molecule has 8 rings (SSSR count). The minimum absolute atomic E-state index is 0.0522. The molecule has 0 N–H and O–H groups in total. The molecule has 0 unspecified atom stereocenters. The fourth-order valence-electron chi connectivity index (χ4n) is 8.35. The molecule has 0 aliphatic heterocycles. The summed E-state index contributed by atoms with van der Waals surface area (Å²) in [6, 6.07) is 55.3. The van der Waals surface area contributed by atoms with Crippen LogP contribution < -0.4 is 0 Å². The van der Waals surface area contributed by atoms with Gasteiger partial charge in [-0.1, -0.05) is 212 Å². The lowest BCUT2D eigenvalue weighted by atomic mass is 9.76. The third kappa shape index (κ3) is 6.72. The Bertz CT molecular complexity index is 2630. The van der Waals surface area contributed by atoms with Crippen molar-refractivity contribution in [3.05, 3.63) is 167 Å². The molecule has 0 bridgehead atoms. The molecular weight excluding hydrogens is 728 g/mol. The molecule has 0 aliphatic carbocycles. The van der Waals surface area contributed by atoms with Crippen LogP contribution in [0.3, 0.4) is 0 Å². The van der Waals surface area contributed by atoms with E-state index in [4.69, 9.17) is 0 Å². The molecule has 0 spiro atoms. The van der Waals surface area contributed by atoms with Crippen LogP contribution in [-0.2, 0) is 16.2 Å². The first-order valence-electron chi connectivity index (χ1n) is 19.6. The lowest BCUT2D eigenvalue weighted by molar-refractivity contribution is 0.590. The maximum absolute atomic E-state index is 3.75. The van der Waals surface area contributed by atoms with Crippen molar-refractivity contribution in [1.82, 2.24) is 0 Å². The Morgan fingerprint density at radius 2 is 0.509 bits per heavy atom. The molecule has 0 radical (unpaired) electrons. The van der Waals surface area contributed by atoms with Crippen molar-refractivity contribution in [2.45, 2.75) is 78.6 Å². The van der Waals surface area contributed by atoms with Gasteiger partial charge in [0.05, 0.1) is 0 Å². The molecule has 0 saturated carbocycles. The van der Waals surface area contributed by atoms with E-state index in [1.165, 1.54) is 93.5 Å². The van der Waals surface area contributed by atoms with Crippen molar-refractivity contribution in [3.8, 4) is 44.5 Å². The summed E-state index contributed by atoms with van der Waals surface area (Å²) >= 11 is 3.75. The molecule has 55 heavy (non-hydrogen) atoms. The zero-order chi connectivity index (χ0) is 38.9. The molecule has 0 atom stereocenters. The van der Waals surface area contributed by atoms with Crippen molar-refractivity contribution in [3.63, 3.8) is 0 Å². The number of halogens is 1. The van der Waals surface area contributed by atoms with Crippen LogP contribution in [0.2, 0.25) is 0 Å². The molecule has 8 aromatic rings. The van der Waals surface area contributed by atoms with Crippen LogP contribution in [0.4, 0.5) is 0 Å². The molecule has 1 heteroatoms. The second-order valence-electron chi connectivity index (χ2n) is 18.3. The Kier molecular flexibility index (Phi) is 9.17. The maximum Gasteiger partial charge on any atom is 0.0175 e. The highest BCUT2D eigenvalue weighted by atomic mass is 79.9. The monoisotopic (exact) mass is 778 g/mol. The standard InChI is InChI=1S/C54H51Br/c1-52(2,3)38-26-18-34(19-27-38)46-42-14-10-11-15-43(42)48(36-22-30-40(31-23-36)54(7,8)9)51-49(37-24-32-41(55)33-25-37)45-17-13-12-16-44(45)47(50(46)51)35-20-28-39(29-21-35)53(4,5)6/h10-33H,1-9H3. The zero-order valence-corrected chi connectivity index (χ0v) is 35.3. The number of rotatable bonds is 4. The number of hydrogen-bond acceptors (Lipinski definition) is 0. The van der Waals surface area contributed by atoms with Gasteiger partial charge in [-0.2, -0.15) is 0 Å². The highest BCUT2D eigenvalue weighted by Crippen LogP contribution is 2.54. The molecule has 8 aromatic carbocycles. The van der Waals surface area contributed by atoms with Crippen molar-refractivity contribution >= 4 is 48.2 Å². The largest absolute Gasteiger partial charge is 0.0616 e. The van der Waals surface area contributed by atoms with E-state index in [2.05, 4.69) is 224 Å². The Labute approximate surface area is 336 Å². The van der Waals surface area contributed by atoms with Crippen LogP contribution in [0.15, 0.2) is 150 Å². The van der Waals surface area contributed by atoms with E-state index in [1.54, 1.807) is 0 Å². The second kappa shape index (κ2) is 13.6. The lowest BCUT2D eigenvalue weighted by Gasteiger charge is -2.26. The number of benzene rings is 8. The minimum atomic E-state index is 0.0522. The van der Waals surface area contributed by atoms with E-state index in [-0.39, 0.29) is 16.2 Å². The van der Waals surface area contributed by atoms with Crippen LogP contribution in [0.1, 0.15) is 79.0 Å². The van der Waals surface area contributed by atoms with E-state index in [1.807, 2.05) is 0 Å². The summed E-state index contributed by atoms with van der Waals surface area (Å²) in [4.78, 5) is 0. The zero-order valence-electron chi connectivity index (χ0n) is 33.7. The summed E-state index contributed by atoms with van der Waals surface area (Å²) in [5, 5.41) is 7.61. The van der Waals surface area contributed by atoms with E-state index in [9.17, 15) is 0 Å². The van der Waals surface area contributed by atoms with Crippen molar-refractivity contribution in [2.75, 3.05) is 0 Å². The van der Waals surface area contributed by atoms with Gasteiger partial charge in [0.15, 0.2) is 0 Å². The Hall–Kier alpha value is -4.98. The van der Waals surface area contributed by atoms with Crippen molar-refractivity contribution in [2.24, 2.45) is 0 Å². The average Bonchev–Trinajstić information content (AvgIpc) is 3.15. The topological polar surface area (TPSA) is 0 Å². The third-order valence-electron chi connectivity index (χ3n) is 11.4. The molecule has 274 valence electrons. The van der Waals surface area contributed by atoms with Gasteiger partial charge in [0.1, 0.15) is 0 Å². The first-order chi connectivity index (χ1) is 26.1. The van der Waals surface area contributed by atoms with Gasteiger partial charge in [-0.15, -0.1) is 0 Å². The van der Waals surface area contributed by atoms with E-state index in [0.717, 1.165) is 4.47 Å². The van der Waals surface area contributed by atoms with Gasteiger partial charge in [0, 0.05) is 4.47 Å². The fourth-order valence-corrected chi connectivity index (χ4v) is 8.62. The van der Waals surface area contributed by atoms with Gasteiger partial charge >= 0.3 is 0 Å². The molecule has 0 aromatic heterocycles. The van der Waals surface area contributed by atoms with Crippen LogP contribution >= 0.6 is 15.9 Å². The first kappa shape index (κ1) is 37.0. The van der Waals surface area contributed by atoms with Crippen molar-refractivity contribution in [1.29, 1.82) is 0 Å². The average molecular weight is 780 g/mol. The van der Waals surface area contributed by atoms with Crippen LogP contribution in [0.25, 0.3) is 76.8 Å². The summed E-state index contributed by atoms with van der Waals surface area (Å²) in [6.07, 6.45) is 0. The van der Waals surface area contributed by atoms with E-state index >= 15 is 0 Å². The number of hydrogen-bond donors (Lipinski definition) is 0. The summed E-state index contributed by atoms with van der Waals surface area (Å²) in [6.45, 7) is 20.6. The molecule has 0 heterocycles. The number of fused-ring (bicyclic) bond motifs is 3. The second-order valence-corrected chi connectivity index (χ2v) is 19.2. The normalized spacial score (nSPS) is 12.5. The molecule has 0 aliphatic rings. The van der Waals surface area contributed by atoms with Gasteiger partial charge in [-0.25, -0.2) is 0 Å². The smallest absolute Gasteiger partial charge is 0.0175 e. The van der Waals surface area contributed by atoms with Gasteiger partial charge in [0.2, 0.25) is 0 Å². The minimum Gasteiger partial charge on any atom is -0.0616 e. The first-order valence-corrected chi connectivity index (χ1v) is 20.4. The van der Waals surface area contributed by atoms with Gasteiger partial charge in [-0.05, 0) is 122 Å². The van der Waals surface area contributed by atoms with Crippen molar-refractivity contribution < 1.29 is 0 Å². The third-order valence-corrected chi connectivity index (χ3v) is 12.0. The quantitative estimate of drug-likeness (QED) is 0.156. The predicted molar refractivity (Wildman–Crippen MR) is 245 cm³/mol. The summed E-state index contributed by atoms with van der Waals surface area (Å²) in [5.41, 5.74) is 14.1. The highest BCUT2D eigenvalue weighted by molar-refractivity contribution is 9.10. The van der Waals surface area contributed by atoms with Gasteiger partial charge < -0.3 is 0 Å². The van der Waals surface area contributed by atoms with Crippen LogP contribution in [-0.4, -0.2) is 0 Å². The fraction of sp³-hybridized carbons (Fsp3) is 0.222. The van der Waals surface area contributed by atoms with Gasteiger partial charge in [-0.3, -0.25) is 0 Å². The van der Waals surface area contributed by atoms with Crippen LogP contribution in [0.5, 0.6) is 0 Å². The summed E-state index contributed by atoms with van der Waals surface area (Å²) in [5.74, 6) is 0. The molecule has 0 nitrogen and oxygen atoms in total. The molecule has 0 saturated heterocycles. The molecule has 0 amide bonds.